The number of hydrogen-bond acceptors (Lipinski definition) is 2. The van der Waals surface area contributed by atoms with Gasteiger partial charge in [-0.25, -0.2) is 4.79 Å². The fraction of sp³-hybridized carbons (Fsp3) is 0.615. The van der Waals surface area contributed by atoms with Gasteiger partial charge in [0, 0.05) is 6.54 Å². The maximum absolute atomic E-state index is 11.7. The average Bonchev–Trinajstić information content (AvgIpc) is 2.57. The Labute approximate surface area is 97.8 Å². The van der Waals surface area contributed by atoms with Crippen LogP contribution >= 0.6 is 0 Å². The predicted octanol–water partition coefficient (Wildman–Crippen LogP) is 3.13. The molecule has 3 nitrogen and oxygen atoms in total. The number of carbonyl (C=O) groups is 1. The van der Waals surface area contributed by atoms with Crippen LogP contribution in [0.1, 0.15) is 32.6 Å². The summed E-state index contributed by atoms with van der Waals surface area (Å²) in [5, 5.41) is 0. The van der Waals surface area contributed by atoms with Crippen molar-refractivity contribution < 1.29 is 9.53 Å². The van der Waals surface area contributed by atoms with Gasteiger partial charge in [-0.2, -0.15) is 0 Å². The molecule has 0 aromatic carbocycles. The van der Waals surface area contributed by atoms with E-state index >= 15 is 0 Å². The van der Waals surface area contributed by atoms with E-state index in [1.807, 2.05) is 24.0 Å². The summed E-state index contributed by atoms with van der Waals surface area (Å²) < 4.78 is 5.33. The van der Waals surface area contributed by atoms with Crippen molar-refractivity contribution in [3.8, 4) is 0 Å². The van der Waals surface area contributed by atoms with Gasteiger partial charge < -0.3 is 9.64 Å². The monoisotopic (exact) mass is 223 g/mol. The Morgan fingerprint density at radius 1 is 1.44 bits per heavy atom. The van der Waals surface area contributed by atoms with Crippen LogP contribution in [-0.4, -0.2) is 29.7 Å². The first kappa shape index (κ1) is 12.8. The van der Waals surface area contributed by atoms with Crippen molar-refractivity contribution in [3.63, 3.8) is 0 Å². The molecule has 0 bridgehead atoms. The Kier molecular flexibility index (Phi) is 5.09. The van der Waals surface area contributed by atoms with Crippen molar-refractivity contribution in [3.05, 3.63) is 25.3 Å². The second kappa shape index (κ2) is 6.36. The number of hydrogen-bond donors (Lipinski definition) is 0. The van der Waals surface area contributed by atoms with E-state index in [1.54, 1.807) is 0 Å². The smallest absolute Gasteiger partial charge is 0.410 e. The lowest BCUT2D eigenvalue weighted by molar-refractivity contribution is 0.127. The molecule has 0 aromatic heterocycles. The van der Waals surface area contributed by atoms with Gasteiger partial charge in [-0.15, -0.1) is 13.2 Å². The number of allylic oxidation sites excluding steroid dienone is 1. The molecule has 1 heterocycles. The normalized spacial score (nSPS) is 24.3. The number of ether oxygens (including phenoxy) is 1. The zero-order chi connectivity index (χ0) is 12.0. The van der Waals surface area contributed by atoms with Crippen molar-refractivity contribution >= 4 is 6.09 Å². The summed E-state index contributed by atoms with van der Waals surface area (Å²) in [6, 6.07) is 0.166. The third-order valence-corrected chi connectivity index (χ3v) is 2.93. The molecular formula is C13H21NO2. The molecule has 1 aliphatic rings. The summed E-state index contributed by atoms with van der Waals surface area (Å²) in [6.45, 7) is 10.2. The summed E-state index contributed by atoms with van der Waals surface area (Å²) >= 11 is 0. The van der Waals surface area contributed by atoms with Crippen LogP contribution in [-0.2, 0) is 4.74 Å². The molecule has 0 aromatic rings. The molecule has 0 radical (unpaired) electrons. The number of cyclic esters (lactones) is 1. The van der Waals surface area contributed by atoms with Gasteiger partial charge in [-0.1, -0.05) is 19.1 Å². The highest BCUT2D eigenvalue weighted by Gasteiger charge is 2.39. The van der Waals surface area contributed by atoms with Gasteiger partial charge in [0.15, 0.2) is 0 Å². The molecule has 16 heavy (non-hydrogen) atoms. The number of rotatable bonds is 7. The summed E-state index contributed by atoms with van der Waals surface area (Å²) in [6.07, 6.45) is 7.12. The molecule has 1 amide bonds. The summed E-state index contributed by atoms with van der Waals surface area (Å²) in [4.78, 5) is 13.5. The van der Waals surface area contributed by atoms with Gasteiger partial charge in [-0.05, 0) is 25.7 Å². The highest BCUT2D eigenvalue weighted by molar-refractivity contribution is 5.70. The van der Waals surface area contributed by atoms with Gasteiger partial charge in [0.05, 0.1) is 6.04 Å². The maximum Gasteiger partial charge on any atom is 0.410 e. The molecule has 0 unspecified atom stereocenters. The molecule has 3 heteroatoms. The van der Waals surface area contributed by atoms with Crippen molar-refractivity contribution in [1.82, 2.24) is 4.90 Å². The molecule has 1 fully saturated rings. The number of carbonyl (C=O) groups excluding carboxylic acids is 1. The maximum atomic E-state index is 11.7. The topological polar surface area (TPSA) is 29.5 Å². The summed E-state index contributed by atoms with van der Waals surface area (Å²) in [7, 11) is 0. The van der Waals surface area contributed by atoms with E-state index in [1.165, 1.54) is 0 Å². The van der Waals surface area contributed by atoms with Crippen molar-refractivity contribution in [2.45, 2.75) is 44.8 Å². The molecule has 0 aliphatic carbocycles. The summed E-state index contributed by atoms with van der Waals surface area (Å²) in [5.74, 6) is 0. The van der Waals surface area contributed by atoms with Gasteiger partial charge in [-0.3, -0.25) is 0 Å². The minimum absolute atomic E-state index is 0.0224. The first-order chi connectivity index (χ1) is 7.74. The zero-order valence-electron chi connectivity index (χ0n) is 10.0. The first-order valence-corrected chi connectivity index (χ1v) is 5.93. The lowest BCUT2D eigenvalue weighted by Gasteiger charge is -2.22. The SMILES string of the molecule is C=CCCCN1C(=O)O[C@@H](CC)[C@@H]1CC=C. The van der Waals surface area contributed by atoms with E-state index in [2.05, 4.69) is 13.2 Å². The highest BCUT2D eigenvalue weighted by atomic mass is 16.6. The molecule has 1 aliphatic heterocycles. The molecule has 1 saturated heterocycles. The molecule has 90 valence electrons. The molecule has 2 atom stereocenters. The molecule has 0 saturated carbocycles. The quantitative estimate of drug-likeness (QED) is 0.490. The van der Waals surface area contributed by atoms with Crippen LogP contribution in [0.2, 0.25) is 0 Å². The Morgan fingerprint density at radius 2 is 2.19 bits per heavy atom. The second-order valence-electron chi connectivity index (χ2n) is 4.05. The van der Waals surface area contributed by atoms with E-state index in [9.17, 15) is 4.79 Å². The summed E-state index contributed by atoms with van der Waals surface area (Å²) in [5.41, 5.74) is 0. The first-order valence-electron chi connectivity index (χ1n) is 5.93. The fourth-order valence-electron chi connectivity index (χ4n) is 2.08. The number of nitrogens with zero attached hydrogens (tertiary/aromatic N) is 1. The minimum atomic E-state index is -0.178. The molecule has 1 rings (SSSR count). The predicted molar refractivity (Wildman–Crippen MR) is 65.3 cm³/mol. The third kappa shape index (κ3) is 2.87. The van der Waals surface area contributed by atoms with Crippen molar-refractivity contribution in [2.24, 2.45) is 0 Å². The van der Waals surface area contributed by atoms with E-state index in [0.717, 1.165) is 32.2 Å². The zero-order valence-corrected chi connectivity index (χ0v) is 10.0. The van der Waals surface area contributed by atoms with E-state index in [4.69, 9.17) is 4.74 Å². The third-order valence-electron chi connectivity index (χ3n) is 2.93. The van der Waals surface area contributed by atoms with Crippen molar-refractivity contribution in [1.29, 1.82) is 0 Å². The molecule has 0 spiro atoms. The fourth-order valence-corrected chi connectivity index (χ4v) is 2.08. The van der Waals surface area contributed by atoms with Crippen LogP contribution in [0.4, 0.5) is 4.79 Å². The lowest BCUT2D eigenvalue weighted by Crippen LogP contribution is -2.36. The van der Waals surface area contributed by atoms with E-state index in [-0.39, 0.29) is 18.2 Å². The number of unbranched alkanes of at least 4 members (excludes halogenated alkanes) is 1. The van der Waals surface area contributed by atoms with Crippen LogP contribution in [0.25, 0.3) is 0 Å². The lowest BCUT2D eigenvalue weighted by atomic mass is 10.0. The Bertz CT molecular complexity index is 263. The highest BCUT2D eigenvalue weighted by Crippen LogP contribution is 2.25. The van der Waals surface area contributed by atoms with Gasteiger partial charge in [0.25, 0.3) is 0 Å². The van der Waals surface area contributed by atoms with Crippen LogP contribution < -0.4 is 0 Å². The van der Waals surface area contributed by atoms with E-state index < -0.39 is 0 Å². The van der Waals surface area contributed by atoms with Gasteiger partial charge in [0.1, 0.15) is 6.10 Å². The van der Waals surface area contributed by atoms with Crippen LogP contribution in [0.3, 0.4) is 0 Å². The van der Waals surface area contributed by atoms with Crippen molar-refractivity contribution in [2.75, 3.05) is 6.54 Å². The van der Waals surface area contributed by atoms with E-state index in [0.29, 0.717) is 0 Å². The Hall–Kier alpha value is -1.25. The molecule has 0 N–H and O–H groups in total. The van der Waals surface area contributed by atoms with Gasteiger partial charge >= 0.3 is 6.09 Å². The van der Waals surface area contributed by atoms with Crippen LogP contribution in [0.15, 0.2) is 25.3 Å². The van der Waals surface area contributed by atoms with Crippen LogP contribution in [0, 0.1) is 0 Å². The standard InChI is InChI=1S/C13H21NO2/c1-4-7-8-10-14-11(9-5-2)12(6-3)16-13(14)15/h4-5,11-12H,1-2,6-10H2,3H3/t11-,12-/m0/s1. The van der Waals surface area contributed by atoms with Crippen LogP contribution in [0.5, 0.6) is 0 Å². The Morgan fingerprint density at radius 3 is 2.75 bits per heavy atom. The Balaban J connectivity index is 2.59. The molecular weight excluding hydrogens is 202 g/mol. The average molecular weight is 223 g/mol. The minimum Gasteiger partial charge on any atom is -0.444 e. The second-order valence-corrected chi connectivity index (χ2v) is 4.05. The van der Waals surface area contributed by atoms with Gasteiger partial charge in [0.2, 0.25) is 0 Å². The number of amides is 1. The largest absolute Gasteiger partial charge is 0.444 e.